The first kappa shape index (κ1) is 52.7. The molecule has 0 radical (unpaired) electrons. The van der Waals surface area contributed by atoms with Crippen molar-refractivity contribution in [2.75, 3.05) is 33.0 Å². The number of amides is 2. The number of fused-ring (bicyclic) bond motifs is 2. The number of nitrogens with zero attached hydrogens (tertiary/aromatic N) is 2. The molecule has 66 heavy (non-hydrogen) atoms. The van der Waals surface area contributed by atoms with Gasteiger partial charge in [0.25, 0.3) is 0 Å². The molecule has 4 fully saturated rings. The van der Waals surface area contributed by atoms with E-state index in [1.54, 1.807) is 22.2 Å². The first-order chi connectivity index (χ1) is 31.7. The monoisotopic (exact) mass is 951 g/mol. The van der Waals surface area contributed by atoms with Crippen molar-refractivity contribution in [3.8, 4) is 0 Å². The Labute approximate surface area is 392 Å². The van der Waals surface area contributed by atoms with Crippen LogP contribution in [0.5, 0.6) is 0 Å². The Morgan fingerprint density at radius 1 is 0.591 bits per heavy atom. The normalized spacial score (nSPS) is 29.5. The Morgan fingerprint density at radius 2 is 0.985 bits per heavy atom. The molecule has 0 bridgehead atoms. The van der Waals surface area contributed by atoms with Crippen LogP contribution in [-0.4, -0.2) is 115 Å². The maximum Gasteiger partial charge on any atom is 0.474 e. The van der Waals surface area contributed by atoms with Crippen LogP contribution in [0.3, 0.4) is 0 Å². The Morgan fingerprint density at radius 3 is 1.42 bits per heavy atom. The Hall–Kier alpha value is -2.67. The molecule has 2 amide bonds. The first-order valence-corrected chi connectivity index (χ1v) is 26.2. The predicted octanol–water partition coefficient (Wildman–Crippen LogP) is 8.09. The van der Waals surface area contributed by atoms with E-state index in [9.17, 15) is 14.2 Å². The molecule has 4 saturated heterocycles. The topological polar surface area (TPSA) is 202 Å². The summed E-state index contributed by atoms with van der Waals surface area (Å²) in [6.45, 7) is 10.8. The molecule has 374 valence electrons. The number of hydrogen-bond acceptors (Lipinski definition) is 15. The summed E-state index contributed by atoms with van der Waals surface area (Å²) in [6, 6.07) is 0. The molecule has 17 nitrogen and oxygen atoms in total. The molecule has 8 atom stereocenters. The van der Waals surface area contributed by atoms with Crippen LogP contribution in [0.2, 0.25) is 0 Å². The molecule has 0 aliphatic carbocycles. The average Bonchev–Trinajstić information content (AvgIpc) is 3.99. The molecule has 0 aromatic rings. The average molecular weight is 951 g/mol. The molecular formula is C48H79N4O13P. The summed E-state index contributed by atoms with van der Waals surface area (Å²) in [5, 5.41) is 0. The minimum absolute atomic E-state index is 0.0386. The molecule has 0 saturated carbocycles. The van der Waals surface area contributed by atoms with Crippen molar-refractivity contribution in [2.24, 2.45) is 11.5 Å². The number of phosphoric acid groups is 1. The van der Waals surface area contributed by atoms with Crippen molar-refractivity contribution in [3.05, 3.63) is 48.1 Å². The van der Waals surface area contributed by atoms with Gasteiger partial charge in [-0.15, -0.1) is 0 Å². The lowest BCUT2D eigenvalue weighted by molar-refractivity contribution is -0.199. The second-order valence-corrected chi connectivity index (χ2v) is 20.8. The lowest BCUT2D eigenvalue weighted by Gasteiger charge is -2.31. The summed E-state index contributed by atoms with van der Waals surface area (Å²) in [5.41, 5.74) is 12.1. The second-order valence-electron chi connectivity index (χ2n) is 19.1. The van der Waals surface area contributed by atoms with Crippen molar-refractivity contribution in [1.29, 1.82) is 0 Å². The molecule has 6 heterocycles. The number of unbranched alkanes of at least 4 members (excludes halogenated alkanes) is 12. The van der Waals surface area contributed by atoms with Crippen molar-refractivity contribution in [1.82, 2.24) is 9.80 Å². The van der Waals surface area contributed by atoms with E-state index in [1.165, 1.54) is 70.6 Å². The van der Waals surface area contributed by atoms with Gasteiger partial charge in [-0.25, -0.2) is 4.57 Å². The van der Waals surface area contributed by atoms with Crippen LogP contribution in [0.25, 0.3) is 0 Å². The molecule has 8 unspecified atom stereocenters. The molecular weight excluding hydrogens is 872 g/mol. The standard InChI is InChI=1S/C48H79N4O13P/c1-6-7-8-9-10-11-12-13-14-15-16-17-18-28-56-29-21-30-57-66(55,58-31-24-37-39-41(64-47(2,3)62-39)45(60-37)51-26-19-22-35(33-51)43(49)53)59-32-25-38-40-42(65-48(4,5)63-40)46(61-38)52-27-20-23-36(34-52)44(50)54/h19-20,26-27,33-34,37-42,45-46H,6-18,21-25,28-32H2,1-5H3,(H2,49,53)(H2,50,54). The molecule has 4 N–H and O–H groups in total. The number of carbonyl (C=O) groups is 2. The van der Waals surface area contributed by atoms with E-state index in [2.05, 4.69) is 6.92 Å². The van der Waals surface area contributed by atoms with E-state index in [1.807, 2.05) is 52.2 Å². The number of nitrogens with two attached hydrogens (primary N) is 2. The zero-order valence-electron chi connectivity index (χ0n) is 40.1. The highest BCUT2D eigenvalue weighted by atomic mass is 31.2. The van der Waals surface area contributed by atoms with Crippen molar-refractivity contribution in [3.63, 3.8) is 0 Å². The van der Waals surface area contributed by atoms with Crippen LogP contribution >= 0.6 is 7.82 Å². The van der Waals surface area contributed by atoms with E-state index >= 15 is 0 Å². The van der Waals surface area contributed by atoms with Gasteiger partial charge in [-0.05, 0) is 53.4 Å². The van der Waals surface area contributed by atoms with Gasteiger partial charge in [0.2, 0.25) is 11.8 Å². The van der Waals surface area contributed by atoms with Gasteiger partial charge in [-0.2, -0.15) is 0 Å². The highest BCUT2D eigenvalue weighted by Gasteiger charge is 2.58. The van der Waals surface area contributed by atoms with Crippen LogP contribution in [0.15, 0.2) is 48.1 Å². The van der Waals surface area contributed by atoms with Crippen LogP contribution in [0.4, 0.5) is 0 Å². The fraction of sp³-hybridized carbons (Fsp3) is 0.792. The maximum absolute atomic E-state index is 14.4. The van der Waals surface area contributed by atoms with Gasteiger partial charge >= 0.3 is 7.82 Å². The van der Waals surface area contributed by atoms with Crippen molar-refractivity contribution >= 4 is 19.6 Å². The van der Waals surface area contributed by atoms with Gasteiger partial charge in [0, 0.05) is 62.0 Å². The fourth-order valence-electron chi connectivity index (χ4n) is 9.40. The second kappa shape index (κ2) is 25.3. The van der Waals surface area contributed by atoms with Crippen LogP contribution in [0, 0.1) is 0 Å². The minimum atomic E-state index is -4.13. The largest absolute Gasteiger partial charge is 0.474 e. The highest BCUT2D eigenvalue weighted by Crippen LogP contribution is 2.51. The summed E-state index contributed by atoms with van der Waals surface area (Å²) in [5.74, 6) is -2.77. The molecule has 0 aromatic heterocycles. The summed E-state index contributed by atoms with van der Waals surface area (Å²) < 4.78 is 76.3. The van der Waals surface area contributed by atoms with Gasteiger partial charge in [-0.1, -0.05) is 96.1 Å². The maximum atomic E-state index is 14.4. The highest BCUT2D eigenvalue weighted by molar-refractivity contribution is 7.48. The Balaban J connectivity index is 0.988. The van der Waals surface area contributed by atoms with Crippen LogP contribution < -0.4 is 11.5 Å². The van der Waals surface area contributed by atoms with Crippen molar-refractivity contribution < 1.29 is 60.9 Å². The van der Waals surface area contributed by atoms with Crippen molar-refractivity contribution in [2.45, 2.75) is 211 Å². The van der Waals surface area contributed by atoms with Gasteiger partial charge < -0.3 is 54.4 Å². The van der Waals surface area contributed by atoms with Crippen LogP contribution in [-0.2, 0) is 60.9 Å². The zero-order chi connectivity index (χ0) is 47.2. The van der Waals surface area contributed by atoms with Gasteiger partial charge in [0.15, 0.2) is 24.0 Å². The third-order valence-electron chi connectivity index (χ3n) is 12.7. The van der Waals surface area contributed by atoms with E-state index in [-0.39, 0.29) is 32.7 Å². The first-order valence-electron chi connectivity index (χ1n) is 24.7. The van der Waals surface area contributed by atoms with E-state index in [0.717, 1.165) is 12.8 Å². The predicted molar refractivity (Wildman–Crippen MR) is 247 cm³/mol. The Kier molecular flexibility index (Phi) is 20.2. The number of rotatable bonds is 31. The quantitative estimate of drug-likeness (QED) is 0.0498. The molecule has 0 aromatic carbocycles. The summed E-state index contributed by atoms with van der Waals surface area (Å²) in [7, 11) is -4.13. The van der Waals surface area contributed by atoms with E-state index < -0.39 is 80.3 Å². The summed E-state index contributed by atoms with van der Waals surface area (Å²) in [4.78, 5) is 27.6. The van der Waals surface area contributed by atoms with Gasteiger partial charge in [0.1, 0.15) is 24.4 Å². The molecule has 6 aliphatic heterocycles. The number of carbonyl (C=O) groups excluding carboxylic acids is 2. The van der Waals surface area contributed by atoms with E-state index in [0.29, 0.717) is 43.6 Å². The fourth-order valence-corrected chi connectivity index (χ4v) is 10.6. The van der Waals surface area contributed by atoms with E-state index in [4.69, 9.17) is 58.2 Å². The van der Waals surface area contributed by atoms with Gasteiger partial charge in [0.05, 0.1) is 32.0 Å². The molecule has 6 aliphatic rings. The number of phosphoric ester groups is 1. The summed E-state index contributed by atoms with van der Waals surface area (Å²) >= 11 is 0. The molecule has 6 rings (SSSR count). The number of primary amides is 2. The summed E-state index contributed by atoms with van der Waals surface area (Å²) in [6.07, 6.45) is 25.3. The third-order valence-corrected chi connectivity index (χ3v) is 14.2. The number of hydrogen-bond donors (Lipinski definition) is 2. The zero-order valence-corrected chi connectivity index (χ0v) is 41.0. The van der Waals surface area contributed by atoms with Crippen LogP contribution in [0.1, 0.15) is 150 Å². The van der Waals surface area contributed by atoms with Gasteiger partial charge in [-0.3, -0.25) is 23.2 Å². The number of allylic oxidation sites excluding steroid dienone is 2. The lowest BCUT2D eigenvalue weighted by atomic mass is 10.0. The lowest BCUT2D eigenvalue weighted by Crippen LogP contribution is -2.40. The molecule has 0 spiro atoms. The SMILES string of the molecule is CCCCCCCCCCCCCCCOCCCOP(=O)(OCCC1OC(N2C=CCC(C(N)=O)=C2)C2OC(C)(C)OC12)OCCC1OC(N2C=CCC(C(N)=O)=C2)C2OC(C)(C)OC12. The molecule has 18 heteroatoms. The number of ether oxygens (including phenoxy) is 7. The smallest absolute Gasteiger partial charge is 0.381 e. The Bertz CT molecular complexity index is 1640. The minimum Gasteiger partial charge on any atom is -0.381 e. The third kappa shape index (κ3) is 15.4.